The highest BCUT2D eigenvalue weighted by atomic mass is 35.5. The summed E-state index contributed by atoms with van der Waals surface area (Å²) in [5.41, 5.74) is 2.87. The van der Waals surface area contributed by atoms with E-state index < -0.39 is 0 Å². The number of H-pyrrole nitrogens is 1. The average Bonchev–Trinajstić information content (AvgIpc) is 3.17. The molecule has 0 aliphatic heterocycles. The van der Waals surface area contributed by atoms with Gasteiger partial charge in [0.25, 0.3) is 0 Å². The first-order valence-corrected chi connectivity index (χ1v) is 9.40. The summed E-state index contributed by atoms with van der Waals surface area (Å²) >= 11 is 6.31. The molecule has 0 radical (unpaired) electrons. The standard InChI is InChI=1S/C19H22ClN5O/c1-11-3-6-15(7-16(11)20)25-10-14(9-21-25)12(2)19(26)22-18-8-17(23-24-18)13-4-5-13/h3,6-13,16H,4-5H2,1-2H3,(H2,22,23,24,26). The minimum Gasteiger partial charge on any atom is -0.309 e. The summed E-state index contributed by atoms with van der Waals surface area (Å²) in [5, 5.41) is 14.4. The van der Waals surface area contributed by atoms with E-state index in [1.807, 2.05) is 31.3 Å². The Balaban J connectivity index is 1.43. The quantitative estimate of drug-likeness (QED) is 0.783. The minimum atomic E-state index is -0.330. The molecule has 4 rings (SSSR count). The van der Waals surface area contributed by atoms with Crippen LogP contribution in [0.15, 0.2) is 36.7 Å². The lowest BCUT2D eigenvalue weighted by atomic mass is 10.0. The third kappa shape index (κ3) is 3.46. The third-order valence-corrected chi connectivity index (χ3v) is 5.55. The lowest BCUT2D eigenvalue weighted by Crippen LogP contribution is -2.18. The monoisotopic (exact) mass is 371 g/mol. The lowest BCUT2D eigenvalue weighted by molar-refractivity contribution is -0.117. The molecular weight excluding hydrogens is 350 g/mol. The summed E-state index contributed by atoms with van der Waals surface area (Å²) in [6.07, 6.45) is 12.0. The van der Waals surface area contributed by atoms with Crippen molar-refractivity contribution in [3.05, 3.63) is 47.9 Å². The van der Waals surface area contributed by atoms with Crippen LogP contribution in [-0.4, -0.2) is 31.3 Å². The smallest absolute Gasteiger partial charge is 0.232 e. The number of carbonyl (C=O) groups excluding carboxylic acids is 1. The van der Waals surface area contributed by atoms with Gasteiger partial charge < -0.3 is 5.32 Å². The molecule has 2 N–H and O–H groups in total. The van der Waals surface area contributed by atoms with Crippen LogP contribution in [0.4, 0.5) is 5.82 Å². The number of rotatable bonds is 5. The highest BCUT2D eigenvalue weighted by Crippen LogP contribution is 2.39. The van der Waals surface area contributed by atoms with Gasteiger partial charge in [0.2, 0.25) is 5.91 Å². The van der Waals surface area contributed by atoms with Gasteiger partial charge in [-0.1, -0.05) is 13.0 Å². The molecule has 1 saturated carbocycles. The topological polar surface area (TPSA) is 75.6 Å². The third-order valence-electron chi connectivity index (χ3n) is 5.03. The molecule has 0 aromatic carbocycles. The van der Waals surface area contributed by atoms with Crippen LogP contribution in [0, 0.1) is 5.92 Å². The van der Waals surface area contributed by atoms with Gasteiger partial charge in [-0.3, -0.25) is 9.89 Å². The molecule has 6 nitrogen and oxygen atoms in total. The maximum Gasteiger partial charge on any atom is 0.232 e. The van der Waals surface area contributed by atoms with Crippen molar-refractivity contribution in [1.29, 1.82) is 0 Å². The van der Waals surface area contributed by atoms with Gasteiger partial charge in [0, 0.05) is 29.4 Å². The molecule has 1 fully saturated rings. The molecule has 3 atom stereocenters. The van der Waals surface area contributed by atoms with Gasteiger partial charge in [-0.25, -0.2) is 4.68 Å². The molecule has 7 heteroatoms. The Morgan fingerprint density at radius 3 is 3.00 bits per heavy atom. The van der Waals surface area contributed by atoms with Crippen molar-refractivity contribution in [2.75, 3.05) is 5.32 Å². The second-order valence-corrected chi connectivity index (χ2v) is 7.67. The first kappa shape index (κ1) is 17.1. The number of nitrogens with zero attached hydrogens (tertiary/aromatic N) is 3. The van der Waals surface area contributed by atoms with Crippen LogP contribution < -0.4 is 5.32 Å². The second kappa shape index (κ2) is 6.76. The maximum absolute atomic E-state index is 12.5. The fourth-order valence-electron chi connectivity index (χ4n) is 2.97. The number of alkyl halides is 1. The molecule has 26 heavy (non-hydrogen) atoms. The number of allylic oxidation sites excluding steroid dienone is 4. The zero-order valence-electron chi connectivity index (χ0n) is 14.8. The van der Waals surface area contributed by atoms with Gasteiger partial charge in [-0.2, -0.15) is 10.2 Å². The number of hydrogen-bond acceptors (Lipinski definition) is 3. The normalized spacial score (nSPS) is 23.6. The molecule has 0 spiro atoms. The summed E-state index contributed by atoms with van der Waals surface area (Å²) in [6.45, 7) is 3.94. The van der Waals surface area contributed by atoms with Crippen molar-refractivity contribution >= 4 is 29.0 Å². The van der Waals surface area contributed by atoms with Crippen LogP contribution in [0.25, 0.3) is 5.70 Å². The molecule has 2 heterocycles. The fraction of sp³-hybridized carbons (Fsp3) is 0.421. The molecule has 2 aromatic rings. The first-order valence-electron chi connectivity index (χ1n) is 8.96. The minimum absolute atomic E-state index is 0.0521. The van der Waals surface area contributed by atoms with Crippen molar-refractivity contribution in [3.63, 3.8) is 0 Å². The van der Waals surface area contributed by atoms with Crippen LogP contribution in [-0.2, 0) is 4.79 Å². The second-order valence-electron chi connectivity index (χ2n) is 7.17. The molecule has 2 aliphatic carbocycles. The van der Waals surface area contributed by atoms with E-state index in [2.05, 4.69) is 33.6 Å². The lowest BCUT2D eigenvalue weighted by Gasteiger charge is -2.17. The van der Waals surface area contributed by atoms with Crippen LogP contribution in [0.1, 0.15) is 49.8 Å². The fourth-order valence-corrected chi connectivity index (χ4v) is 3.18. The van der Waals surface area contributed by atoms with Crippen LogP contribution in [0.5, 0.6) is 0 Å². The van der Waals surface area contributed by atoms with Crippen LogP contribution >= 0.6 is 11.6 Å². The van der Waals surface area contributed by atoms with Crippen molar-refractivity contribution in [2.24, 2.45) is 5.92 Å². The van der Waals surface area contributed by atoms with Crippen LogP contribution in [0.2, 0.25) is 0 Å². The SMILES string of the molecule is CC(C(=O)Nc1cc(C2CC2)[nH]n1)c1cnn(C2=CC(Cl)C(C)C=C2)c1. The number of hydrogen-bond donors (Lipinski definition) is 2. The molecule has 0 saturated heterocycles. The number of nitrogens with one attached hydrogen (secondary N) is 2. The van der Waals surface area contributed by atoms with Crippen molar-refractivity contribution in [2.45, 2.75) is 43.9 Å². The number of aromatic nitrogens is 4. The van der Waals surface area contributed by atoms with Crippen molar-refractivity contribution < 1.29 is 4.79 Å². The molecule has 136 valence electrons. The van der Waals surface area contributed by atoms with E-state index in [-0.39, 0.29) is 17.2 Å². The number of aromatic amines is 1. The molecule has 0 bridgehead atoms. The zero-order valence-corrected chi connectivity index (χ0v) is 15.6. The Bertz CT molecular complexity index is 876. The predicted octanol–water partition coefficient (Wildman–Crippen LogP) is 3.88. The van der Waals surface area contributed by atoms with Crippen molar-refractivity contribution in [1.82, 2.24) is 20.0 Å². The van der Waals surface area contributed by atoms with E-state index in [1.165, 1.54) is 12.8 Å². The Morgan fingerprint density at radius 2 is 2.27 bits per heavy atom. The van der Waals surface area contributed by atoms with E-state index >= 15 is 0 Å². The summed E-state index contributed by atoms with van der Waals surface area (Å²) in [6, 6.07) is 1.92. The maximum atomic E-state index is 12.5. The molecule has 2 aliphatic rings. The highest BCUT2D eigenvalue weighted by molar-refractivity contribution is 6.22. The van der Waals surface area contributed by atoms with E-state index in [1.54, 1.807) is 10.9 Å². The number of anilines is 1. The Hall–Kier alpha value is -2.34. The van der Waals surface area contributed by atoms with Gasteiger partial charge in [-0.15, -0.1) is 11.6 Å². The van der Waals surface area contributed by atoms with E-state index in [0.717, 1.165) is 17.0 Å². The predicted molar refractivity (Wildman–Crippen MR) is 102 cm³/mol. The summed E-state index contributed by atoms with van der Waals surface area (Å²) in [5.74, 6) is 1.02. The number of amides is 1. The molecule has 2 aromatic heterocycles. The van der Waals surface area contributed by atoms with E-state index in [9.17, 15) is 4.79 Å². The highest BCUT2D eigenvalue weighted by Gasteiger charge is 2.26. The van der Waals surface area contributed by atoms with Gasteiger partial charge >= 0.3 is 0 Å². The molecular formula is C19H22ClN5O. The zero-order chi connectivity index (χ0) is 18.3. The first-order chi connectivity index (χ1) is 12.5. The van der Waals surface area contributed by atoms with Gasteiger partial charge in [0.05, 0.1) is 23.2 Å². The van der Waals surface area contributed by atoms with E-state index in [4.69, 9.17) is 11.6 Å². The van der Waals surface area contributed by atoms with Gasteiger partial charge in [0.15, 0.2) is 5.82 Å². The van der Waals surface area contributed by atoms with Gasteiger partial charge in [-0.05, 0) is 37.8 Å². The Labute approximate surface area is 157 Å². The number of carbonyl (C=O) groups is 1. The average molecular weight is 372 g/mol. The Morgan fingerprint density at radius 1 is 1.46 bits per heavy atom. The van der Waals surface area contributed by atoms with Crippen LogP contribution in [0.3, 0.4) is 0 Å². The summed E-state index contributed by atoms with van der Waals surface area (Å²) in [4.78, 5) is 12.5. The molecule has 1 amide bonds. The number of halogens is 1. The summed E-state index contributed by atoms with van der Waals surface area (Å²) < 4.78 is 1.76. The van der Waals surface area contributed by atoms with E-state index in [0.29, 0.717) is 17.7 Å². The summed E-state index contributed by atoms with van der Waals surface area (Å²) in [7, 11) is 0. The van der Waals surface area contributed by atoms with Crippen molar-refractivity contribution in [3.8, 4) is 0 Å². The molecule has 3 unspecified atom stereocenters. The Kier molecular flexibility index (Phi) is 4.44. The largest absolute Gasteiger partial charge is 0.309 e. The van der Waals surface area contributed by atoms with Gasteiger partial charge in [0.1, 0.15) is 0 Å².